The lowest BCUT2D eigenvalue weighted by atomic mass is 10.1. The second-order valence-corrected chi connectivity index (χ2v) is 4.40. The average molecular weight is 236 g/mol. The summed E-state index contributed by atoms with van der Waals surface area (Å²) in [5.74, 6) is 0.862. The van der Waals surface area contributed by atoms with Crippen LogP contribution in [0.4, 0.5) is 11.4 Å². The monoisotopic (exact) mass is 236 g/mol. The quantitative estimate of drug-likeness (QED) is 0.780. The molecule has 4 heteroatoms. The number of anilines is 2. The van der Waals surface area contributed by atoms with Crippen LogP contribution in [0.1, 0.15) is 19.8 Å². The van der Waals surface area contributed by atoms with E-state index in [0.29, 0.717) is 0 Å². The van der Waals surface area contributed by atoms with E-state index in [1.54, 1.807) is 0 Å². The van der Waals surface area contributed by atoms with Gasteiger partial charge in [-0.15, -0.1) is 0 Å². The summed E-state index contributed by atoms with van der Waals surface area (Å²) in [7, 11) is 0. The maximum atomic E-state index is 8.93. The van der Waals surface area contributed by atoms with Crippen molar-refractivity contribution in [3.63, 3.8) is 0 Å². The van der Waals surface area contributed by atoms with E-state index in [1.165, 1.54) is 0 Å². The highest BCUT2D eigenvalue weighted by atomic mass is 16.5. The zero-order chi connectivity index (χ0) is 12.3. The molecule has 0 bridgehead atoms. The standard InChI is InChI=1S/C13H20N2O2/c1-2-11-9-15(6-3-7-16)12-5-4-10(14)8-13(12)17-11/h4-5,8,11,16H,2-3,6-7,9,14H2,1H3. The van der Waals surface area contributed by atoms with Crippen molar-refractivity contribution in [1.82, 2.24) is 0 Å². The van der Waals surface area contributed by atoms with Crippen LogP contribution in [-0.2, 0) is 0 Å². The van der Waals surface area contributed by atoms with Crippen LogP contribution in [-0.4, -0.2) is 30.9 Å². The lowest BCUT2D eigenvalue weighted by Gasteiger charge is -2.36. The van der Waals surface area contributed by atoms with Crippen LogP contribution in [0.25, 0.3) is 0 Å². The molecule has 0 saturated heterocycles. The molecule has 1 atom stereocenters. The van der Waals surface area contributed by atoms with Crippen LogP contribution in [0.15, 0.2) is 18.2 Å². The van der Waals surface area contributed by atoms with Crippen molar-refractivity contribution in [3.05, 3.63) is 18.2 Å². The highest BCUT2D eigenvalue weighted by Crippen LogP contribution is 2.35. The maximum Gasteiger partial charge on any atom is 0.145 e. The molecule has 1 aliphatic rings. The SMILES string of the molecule is CCC1CN(CCCO)c2ccc(N)cc2O1. The Labute approximate surface area is 102 Å². The van der Waals surface area contributed by atoms with Crippen molar-refractivity contribution >= 4 is 11.4 Å². The maximum absolute atomic E-state index is 8.93. The third-order valence-electron chi connectivity index (χ3n) is 3.08. The summed E-state index contributed by atoms with van der Waals surface area (Å²) in [5.41, 5.74) is 7.58. The molecule has 1 aromatic carbocycles. The Morgan fingerprint density at radius 3 is 3.06 bits per heavy atom. The van der Waals surface area contributed by atoms with Gasteiger partial charge >= 0.3 is 0 Å². The van der Waals surface area contributed by atoms with E-state index in [-0.39, 0.29) is 12.7 Å². The highest BCUT2D eigenvalue weighted by molar-refractivity contribution is 5.65. The summed E-state index contributed by atoms with van der Waals surface area (Å²) in [6.45, 7) is 4.07. The fourth-order valence-corrected chi connectivity index (χ4v) is 2.13. The van der Waals surface area contributed by atoms with Crippen LogP contribution in [0, 0.1) is 0 Å². The zero-order valence-corrected chi connectivity index (χ0v) is 10.2. The van der Waals surface area contributed by atoms with Gasteiger partial charge in [0.1, 0.15) is 11.9 Å². The molecule has 4 nitrogen and oxygen atoms in total. The van der Waals surface area contributed by atoms with Gasteiger partial charge in [0.2, 0.25) is 0 Å². The number of fused-ring (bicyclic) bond motifs is 1. The van der Waals surface area contributed by atoms with Crippen molar-refractivity contribution in [2.24, 2.45) is 0 Å². The number of ether oxygens (including phenoxy) is 1. The van der Waals surface area contributed by atoms with Crippen molar-refractivity contribution in [2.45, 2.75) is 25.9 Å². The Hall–Kier alpha value is -1.42. The number of aliphatic hydroxyl groups excluding tert-OH is 1. The smallest absolute Gasteiger partial charge is 0.145 e. The summed E-state index contributed by atoms with van der Waals surface area (Å²) in [5, 5.41) is 8.93. The Balaban J connectivity index is 2.23. The first-order valence-corrected chi connectivity index (χ1v) is 6.16. The average Bonchev–Trinajstić information content (AvgIpc) is 2.34. The second-order valence-electron chi connectivity index (χ2n) is 4.40. The van der Waals surface area contributed by atoms with Crippen LogP contribution in [0.5, 0.6) is 5.75 Å². The van der Waals surface area contributed by atoms with Gasteiger partial charge in [-0.05, 0) is 25.0 Å². The van der Waals surface area contributed by atoms with Gasteiger partial charge < -0.3 is 20.5 Å². The molecule has 17 heavy (non-hydrogen) atoms. The third-order valence-corrected chi connectivity index (χ3v) is 3.08. The number of aliphatic hydroxyl groups is 1. The van der Waals surface area contributed by atoms with Crippen molar-refractivity contribution in [2.75, 3.05) is 30.3 Å². The molecule has 0 amide bonds. The predicted octanol–water partition coefficient (Wildman–Crippen LogP) is 1.63. The van der Waals surface area contributed by atoms with Gasteiger partial charge in [0.15, 0.2) is 0 Å². The summed E-state index contributed by atoms with van der Waals surface area (Å²) in [4.78, 5) is 2.27. The van der Waals surface area contributed by atoms with Gasteiger partial charge in [0, 0.05) is 24.9 Å². The summed E-state index contributed by atoms with van der Waals surface area (Å²) in [6, 6.07) is 5.76. The van der Waals surface area contributed by atoms with E-state index >= 15 is 0 Å². The molecular weight excluding hydrogens is 216 g/mol. The first-order chi connectivity index (χ1) is 8.24. The summed E-state index contributed by atoms with van der Waals surface area (Å²) in [6.07, 6.45) is 1.97. The van der Waals surface area contributed by atoms with Crippen LogP contribution < -0.4 is 15.4 Å². The van der Waals surface area contributed by atoms with E-state index in [0.717, 1.165) is 43.1 Å². The topological polar surface area (TPSA) is 58.7 Å². The second kappa shape index (κ2) is 5.27. The normalized spacial score (nSPS) is 18.7. The lowest BCUT2D eigenvalue weighted by Crippen LogP contribution is -2.40. The van der Waals surface area contributed by atoms with Crippen molar-refractivity contribution in [3.8, 4) is 5.75 Å². The molecular formula is C13H20N2O2. The minimum atomic E-state index is 0.211. The first kappa shape index (κ1) is 12.0. The molecule has 0 fully saturated rings. The van der Waals surface area contributed by atoms with Gasteiger partial charge in [-0.25, -0.2) is 0 Å². The van der Waals surface area contributed by atoms with E-state index in [9.17, 15) is 0 Å². The Morgan fingerprint density at radius 1 is 1.53 bits per heavy atom. The third kappa shape index (κ3) is 2.64. The summed E-state index contributed by atoms with van der Waals surface area (Å²) >= 11 is 0. The van der Waals surface area contributed by atoms with Crippen molar-refractivity contribution in [1.29, 1.82) is 0 Å². The Kier molecular flexibility index (Phi) is 3.74. The van der Waals surface area contributed by atoms with Gasteiger partial charge in [-0.2, -0.15) is 0 Å². The number of hydrogen-bond donors (Lipinski definition) is 2. The minimum absolute atomic E-state index is 0.211. The molecule has 0 spiro atoms. The van der Waals surface area contributed by atoms with Gasteiger partial charge in [-0.3, -0.25) is 0 Å². The molecule has 94 valence electrons. The lowest BCUT2D eigenvalue weighted by molar-refractivity contribution is 0.187. The Bertz CT molecular complexity index is 382. The molecule has 1 heterocycles. The molecule has 1 unspecified atom stereocenters. The fourth-order valence-electron chi connectivity index (χ4n) is 2.13. The van der Waals surface area contributed by atoms with Gasteiger partial charge in [-0.1, -0.05) is 6.92 Å². The fraction of sp³-hybridized carbons (Fsp3) is 0.538. The molecule has 2 rings (SSSR count). The number of nitrogens with zero attached hydrogens (tertiary/aromatic N) is 1. The molecule has 1 aliphatic heterocycles. The van der Waals surface area contributed by atoms with Crippen LogP contribution in [0.2, 0.25) is 0 Å². The van der Waals surface area contributed by atoms with E-state index in [2.05, 4.69) is 11.8 Å². The minimum Gasteiger partial charge on any atom is -0.486 e. The molecule has 0 aliphatic carbocycles. The first-order valence-electron chi connectivity index (χ1n) is 6.16. The number of hydrogen-bond acceptors (Lipinski definition) is 4. The predicted molar refractivity (Wildman–Crippen MR) is 69.5 cm³/mol. The van der Waals surface area contributed by atoms with Crippen molar-refractivity contribution < 1.29 is 9.84 Å². The molecule has 0 radical (unpaired) electrons. The number of rotatable bonds is 4. The van der Waals surface area contributed by atoms with Crippen LogP contribution in [0.3, 0.4) is 0 Å². The molecule has 1 aromatic rings. The summed E-state index contributed by atoms with van der Waals surface area (Å²) < 4.78 is 5.89. The largest absolute Gasteiger partial charge is 0.486 e. The van der Waals surface area contributed by atoms with E-state index < -0.39 is 0 Å². The number of benzene rings is 1. The molecule has 3 N–H and O–H groups in total. The Morgan fingerprint density at radius 2 is 2.35 bits per heavy atom. The zero-order valence-electron chi connectivity index (χ0n) is 10.2. The van der Waals surface area contributed by atoms with Gasteiger partial charge in [0.05, 0.1) is 12.2 Å². The van der Waals surface area contributed by atoms with Gasteiger partial charge in [0.25, 0.3) is 0 Å². The van der Waals surface area contributed by atoms with E-state index in [4.69, 9.17) is 15.6 Å². The van der Waals surface area contributed by atoms with Crippen LogP contribution >= 0.6 is 0 Å². The van der Waals surface area contributed by atoms with E-state index in [1.807, 2.05) is 18.2 Å². The highest BCUT2D eigenvalue weighted by Gasteiger charge is 2.24. The number of nitrogen functional groups attached to an aromatic ring is 1. The molecule has 0 aromatic heterocycles. The molecule has 0 saturated carbocycles. The number of nitrogens with two attached hydrogens (primary N) is 1.